The molecule has 4 heterocycles. The standard InChI is InChI=1S/C91H87BN4/c1-87(2,3)64-51-70(59-34-22-17-23-35-59)85(71(52-64)60-36-24-18-25-37-60)96-79-57-67(94-76-42-30-28-40-68(76)69-41-29-31-43-77(69)94)45-47-75(79)92-74-46-44-62(58-32-20-16-21-33-58)48-78(74)95(80-55-66(89(7,8)9)56-81(96)84(80)92)86-72(61-38-26-19-27-39-61)53-65(88(4,5)6)54-73(86)63-49-82(90(10,11)12)93-83(50-63)91(13,14)15/h16-57H,1-15H3/i16D,20D,21D,28D,29D,30D,31D,32D,33D,40D,41D,42D,43D. The first-order valence-electron chi connectivity index (χ1n) is 39.9. The minimum atomic E-state index is -0.681. The van der Waals surface area contributed by atoms with E-state index in [9.17, 15) is 11.0 Å². The van der Waals surface area contributed by atoms with Gasteiger partial charge >= 0.3 is 0 Å². The maximum atomic E-state index is 9.82. The predicted octanol–water partition coefficient (Wildman–Crippen LogP) is 23.1. The lowest BCUT2D eigenvalue weighted by atomic mass is 9.33. The molecule has 0 unspecified atom stereocenters. The molecule has 0 spiro atoms. The zero-order valence-corrected chi connectivity index (χ0v) is 57.6. The van der Waals surface area contributed by atoms with Crippen molar-refractivity contribution >= 4 is 79.0 Å². The molecule has 0 amide bonds. The van der Waals surface area contributed by atoms with Gasteiger partial charge in [0.2, 0.25) is 0 Å². The lowest BCUT2D eigenvalue weighted by molar-refractivity contribution is 0.531. The fourth-order valence-electron chi connectivity index (χ4n) is 14.1. The third kappa shape index (κ3) is 10.8. The molecule has 0 bridgehead atoms. The Morgan fingerprint density at radius 3 is 1.14 bits per heavy atom. The molecule has 4 nitrogen and oxygen atoms in total. The first-order chi connectivity index (χ1) is 51.2. The van der Waals surface area contributed by atoms with E-state index < -0.39 is 94.8 Å². The molecule has 15 rings (SSSR count). The first kappa shape index (κ1) is 48.7. The van der Waals surface area contributed by atoms with Gasteiger partial charge < -0.3 is 14.4 Å². The van der Waals surface area contributed by atoms with Crippen LogP contribution in [0.3, 0.4) is 0 Å². The molecule has 2 aliphatic rings. The minimum absolute atomic E-state index is 0.0164. The van der Waals surface area contributed by atoms with Crippen molar-refractivity contribution < 1.29 is 17.8 Å². The summed E-state index contributed by atoms with van der Waals surface area (Å²) in [6.07, 6.45) is 0. The van der Waals surface area contributed by atoms with Gasteiger partial charge in [0.25, 0.3) is 6.71 Å². The second kappa shape index (κ2) is 22.9. The summed E-state index contributed by atoms with van der Waals surface area (Å²) in [5.74, 6) is 0. The summed E-state index contributed by atoms with van der Waals surface area (Å²) in [5.41, 5.74) is 18.0. The average Bonchev–Trinajstić information content (AvgIpc) is 1.52. The van der Waals surface area contributed by atoms with Crippen molar-refractivity contribution in [1.82, 2.24) is 9.55 Å². The number of fused-ring (bicyclic) bond motifs is 7. The largest absolute Gasteiger partial charge is 0.310 e. The van der Waals surface area contributed by atoms with Gasteiger partial charge in [-0.1, -0.05) is 280 Å². The van der Waals surface area contributed by atoms with Crippen molar-refractivity contribution in [2.75, 3.05) is 9.80 Å². The van der Waals surface area contributed by atoms with E-state index in [1.54, 1.807) is 4.57 Å². The molecule has 0 radical (unpaired) electrons. The van der Waals surface area contributed by atoms with Gasteiger partial charge in [-0.25, -0.2) is 0 Å². The Bertz CT molecular complexity index is 5800. The minimum Gasteiger partial charge on any atom is -0.310 e. The van der Waals surface area contributed by atoms with E-state index in [2.05, 4.69) is 247 Å². The SMILES string of the molecule is [2H]c1c([2H])c([2H])c(-c2ccc3c(c2)N(c2c(-c4ccccc4)cc(C(C)(C)C)cc2-c2cc(C(C)(C)C)nc(C(C)(C)C)c2)c2cc(C(C)(C)C)cc4c2B3c2ccc(-n3c5c([2H])c([2H])c([2H])c([2H])c5c5c([2H])c([2H])c([2H])c([2H])c53)cc2N4c2c(-c3ccccc3)cc(C(C)(C)C)cc2-c2ccccc2)c([2H])c1[2H]. The summed E-state index contributed by atoms with van der Waals surface area (Å²) >= 11 is 0. The normalized spacial score (nSPS) is 15.2. The highest BCUT2D eigenvalue weighted by molar-refractivity contribution is 7.00. The Morgan fingerprint density at radius 2 is 0.708 bits per heavy atom. The number of hydrogen-bond donors (Lipinski definition) is 0. The third-order valence-electron chi connectivity index (χ3n) is 19.3. The summed E-state index contributed by atoms with van der Waals surface area (Å²) in [5, 5.41) is -0.0835. The second-order valence-corrected chi connectivity index (χ2v) is 31.1. The molecule has 0 atom stereocenters. The van der Waals surface area contributed by atoms with Crippen LogP contribution < -0.4 is 26.2 Å². The van der Waals surface area contributed by atoms with Gasteiger partial charge in [0.05, 0.1) is 40.2 Å². The maximum absolute atomic E-state index is 9.82. The summed E-state index contributed by atoms with van der Waals surface area (Å²) < 4.78 is 123. The van der Waals surface area contributed by atoms with E-state index in [0.717, 1.165) is 112 Å². The second-order valence-electron chi connectivity index (χ2n) is 31.1. The van der Waals surface area contributed by atoms with Crippen LogP contribution in [0.15, 0.2) is 254 Å². The van der Waals surface area contributed by atoms with Crippen molar-refractivity contribution in [1.29, 1.82) is 0 Å². The highest BCUT2D eigenvalue weighted by Crippen LogP contribution is 2.56. The van der Waals surface area contributed by atoms with E-state index in [1.165, 1.54) is 0 Å². The fourth-order valence-corrected chi connectivity index (χ4v) is 14.1. The summed E-state index contributed by atoms with van der Waals surface area (Å²) in [6, 6.07) is 55.5. The number of pyridine rings is 1. The van der Waals surface area contributed by atoms with Crippen LogP contribution in [0.25, 0.3) is 83.1 Å². The van der Waals surface area contributed by atoms with Gasteiger partial charge in [-0.3, -0.25) is 4.98 Å². The lowest BCUT2D eigenvalue weighted by Gasteiger charge is -2.47. The summed E-state index contributed by atoms with van der Waals surface area (Å²) in [7, 11) is 0. The molecule has 2 aromatic heterocycles. The molecule has 2 aliphatic heterocycles. The molecular weight excluding hydrogens is 1160 g/mol. The molecule has 0 N–H and O–H groups in total. The van der Waals surface area contributed by atoms with Crippen LogP contribution in [0.4, 0.5) is 34.1 Å². The fraction of sp³-hybridized carbons (Fsp3) is 0.220. The Kier molecular flexibility index (Phi) is 11.6. The van der Waals surface area contributed by atoms with Crippen molar-refractivity contribution in [3.05, 3.63) is 283 Å². The Hall–Kier alpha value is -9.97. The smallest absolute Gasteiger partial charge is 0.252 e. The topological polar surface area (TPSA) is 24.3 Å². The zero-order valence-electron chi connectivity index (χ0n) is 70.6. The number of anilines is 6. The van der Waals surface area contributed by atoms with Crippen LogP contribution in [-0.2, 0) is 27.1 Å². The van der Waals surface area contributed by atoms with Gasteiger partial charge in [-0.2, -0.15) is 0 Å². The van der Waals surface area contributed by atoms with Crippen molar-refractivity contribution in [3.8, 4) is 61.3 Å². The molecule has 11 aromatic carbocycles. The molecule has 474 valence electrons. The predicted molar refractivity (Wildman–Crippen MR) is 413 cm³/mol. The average molecular weight is 1260 g/mol. The van der Waals surface area contributed by atoms with E-state index in [-0.39, 0.29) is 44.9 Å². The molecule has 13 aromatic rings. The molecule has 0 saturated carbocycles. The summed E-state index contributed by atoms with van der Waals surface area (Å²) in [6.45, 7) is 32.5. The Morgan fingerprint density at radius 1 is 0.323 bits per heavy atom. The molecular formula is C91H87BN4. The van der Waals surface area contributed by atoms with Crippen LogP contribution in [0.5, 0.6) is 0 Å². The molecule has 5 heteroatoms. The maximum Gasteiger partial charge on any atom is 0.252 e. The van der Waals surface area contributed by atoms with Crippen LogP contribution in [0, 0.1) is 0 Å². The van der Waals surface area contributed by atoms with E-state index in [4.69, 9.17) is 11.8 Å². The van der Waals surface area contributed by atoms with E-state index in [0.29, 0.717) is 22.6 Å². The Balaban J connectivity index is 1.20. The molecule has 0 aliphatic carbocycles. The number of nitrogens with zero attached hydrogens (tertiary/aromatic N) is 4. The quantitative estimate of drug-likeness (QED) is 0.142. The van der Waals surface area contributed by atoms with Crippen LogP contribution >= 0.6 is 0 Å². The van der Waals surface area contributed by atoms with Crippen molar-refractivity contribution in [2.24, 2.45) is 0 Å². The lowest BCUT2D eigenvalue weighted by Crippen LogP contribution is -2.61. The molecule has 96 heavy (non-hydrogen) atoms. The highest BCUT2D eigenvalue weighted by Gasteiger charge is 2.47. The van der Waals surface area contributed by atoms with Gasteiger partial charge in [0, 0.05) is 83.7 Å². The first-order valence-corrected chi connectivity index (χ1v) is 33.4. The summed E-state index contributed by atoms with van der Waals surface area (Å²) in [4.78, 5) is 10.2. The van der Waals surface area contributed by atoms with Gasteiger partial charge in [0.15, 0.2) is 0 Å². The number of para-hydroxylation sites is 2. The van der Waals surface area contributed by atoms with Crippen LogP contribution in [0.1, 0.15) is 150 Å². The van der Waals surface area contributed by atoms with Crippen molar-refractivity contribution in [3.63, 3.8) is 0 Å². The highest BCUT2D eigenvalue weighted by atomic mass is 15.2. The zero-order chi connectivity index (χ0) is 78.3. The molecule has 0 saturated heterocycles. The van der Waals surface area contributed by atoms with Crippen LogP contribution in [0.2, 0.25) is 0 Å². The van der Waals surface area contributed by atoms with Gasteiger partial charge in [0.1, 0.15) is 0 Å². The van der Waals surface area contributed by atoms with Crippen molar-refractivity contribution in [2.45, 2.75) is 131 Å². The number of hydrogen-bond acceptors (Lipinski definition) is 3. The third-order valence-corrected chi connectivity index (χ3v) is 19.3. The van der Waals surface area contributed by atoms with E-state index in [1.807, 2.05) is 42.5 Å². The van der Waals surface area contributed by atoms with Gasteiger partial charge in [-0.05, 0) is 162 Å². The monoisotopic (exact) mass is 1260 g/mol. The number of benzene rings is 11. The number of aromatic nitrogens is 2. The van der Waals surface area contributed by atoms with E-state index >= 15 is 0 Å². The number of rotatable bonds is 8. The molecule has 0 fully saturated rings. The van der Waals surface area contributed by atoms with Gasteiger partial charge in [-0.15, -0.1) is 0 Å². The van der Waals surface area contributed by atoms with Crippen LogP contribution in [-0.4, -0.2) is 16.3 Å². The Labute approximate surface area is 588 Å².